The van der Waals surface area contributed by atoms with Crippen LogP contribution in [0.5, 0.6) is 0 Å². The van der Waals surface area contributed by atoms with Gasteiger partial charge in [0.2, 0.25) is 5.91 Å². The highest BCUT2D eigenvalue weighted by atomic mass is 35.5. The second-order valence-corrected chi connectivity index (χ2v) is 8.30. The lowest BCUT2D eigenvalue weighted by molar-refractivity contribution is -0.137. The third-order valence-electron chi connectivity index (χ3n) is 5.03. The first kappa shape index (κ1) is 22.4. The number of hydrogen-bond acceptors (Lipinski definition) is 3. The van der Waals surface area contributed by atoms with Crippen molar-refractivity contribution in [2.45, 2.75) is 38.1 Å². The minimum atomic E-state index is -4.52. The molecule has 1 saturated carbocycles. The second kappa shape index (κ2) is 8.63. The number of alkyl halides is 3. The van der Waals surface area contributed by atoms with Crippen LogP contribution in [0.2, 0.25) is 10.0 Å². The highest BCUT2D eigenvalue weighted by molar-refractivity contribution is 6.31. The smallest absolute Gasteiger partial charge is 0.350 e. The number of hydrogen-bond donors (Lipinski definition) is 1. The molecule has 0 spiro atoms. The second-order valence-electron chi connectivity index (χ2n) is 7.45. The van der Waals surface area contributed by atoms with E-state index in [1.54, 1.807) is 28.8 Å². The monoisotopic (exact) mass is 484 g/mol. The Morgan fingerprint density at radius 1 is 1.12 bits per heavy atom. The highest BCUT2D eigenvalue weighted by Crippen LogP contribution is 2.36. The molecule has 0 saturated heterocycles. The fourth-order valence-electron chi connectivity index (χ4n) is 3.25. The van der Waals surface area contributed by atoms with Gasteiger partial charge < -0.3 is 5.32 Å². The van der Waals surface area contributed by atoms with Crippen molar-refractivity contribution in [2.24, 2.45) is 0 Å². The molecule has 0 unspecified atom stereocenters. The van der Waals surface area contributed by atoms with E-state index in [0.717, 1.165) is 35.7 Å². The van der Waals surface area contributed by atoms with Gasteiger partial charge in [0.15, 0.2) is 5.82 Å². The summed E-state index contributed by atoms with van der Waals surface area (Å²) in [4.78, 5) is 25.3. The lowest BCUT2D eigenvalue weighted by Crippen LogP contribution is -2.33. The summed E-state index contributed by atoms with van der Waals surface area (Å²) in [6.07, 6.45) is -2.84. The molecule has 1 aliphatic carbocycles. The van der Waals surface area contributed by atoms with E-state index in [1.807, 2.05) is 0 Å². The Kier molecular flexibility index (Phi) is 6.05. The molecule has 1 amide bonds. The molecule has 2 aromatic carbocycles. The number of carbonyl (C=O) groups excluding carboxylic acids is 1. The van der Waals surface area contributed by atoms with Gasteiger partial charge in [0.05, 0.1) is 5.56 Å². The van der Waals surface area contributed by atoms with Crippen LogP contribution in [0.15, 0.2) is 47.3 Å². The standard InChI is InChI=1S/C21H17Cl2F3N4O2/c22-15-4-1-12(2-5-15)19-28-29(20(32)30(19)16-6-7-16)11-18(31)27-10-13-9-14(21(24,25)26)3-8-17(13)23/h1-5,8-9,16H,6-7,10-11H2,(H,27,31). The Labute approximate surface area is 190 Å². The molecule has 1 heterocycles. The van der Waals surface area contributed by atoms with Gasteiger partial charge in [0.25, 0.3) is 0 Å². The SMILES string of the molecule is O=C(Cn1nc(-c2ccc(Cl)cc2)n(C2CC2)c1=O)NCc1cc(C(F)(F)F)ccc1Cl. The molecule has 11 heteroatoms. The minimum Gasteiger partial charge on any atom is -0.350 e. The van der Waals surface area contributed by atoms with Crippen LogP contribution in [0.1, 0.15) is 30.0 Å². The quantitative estimate of drug-likeness (QED) is 0.551. The van der Waals surface area contributed by atoms with E-state index in [2.05, 4.69) is 10.4 Å². The maximum atomic E-state index is 12.9. The molecule has 32 heavy (non-hydrogen) atoms. The first-order valence-electron chi connectivity index (χ1n) is 9.71. The molecule has 3 aromatic rings. The van der Waals surface area contributed by atoms with E-state index < -0.39 is 23.3 Å². The average Bonchev–Trinajstić information content (AvgIpc) is 3.52. The summed E-state index contributed by atoms with van der Waals surface area (Å²) in [5.41, 5.74) is -0.483. The van der Waals surface area contributed by atoms with Crippen LogP contribution < -0.4 is 11.0 Å². The maximum absolute atomic E-state index is 12.9. The molecule has 1 aliphatic rings. The number of amides is 1. The average molecular weight is 485 g/mol. The number of halogens is 5. The van der Waals surface area contributed by atoms with E-state index in [1.165, 1.54) is 0 Å². The van der Waals surface area contributed by atoms with E-state index >= 15 is 0 Å². The van der Waals surface area contributed by atoms with Crippen molar-refractivity contribution in [2.75, 3.05) is 0 Å². The molecule has 168 valence electrons. The van der Waals surface area contributed by atoms with Crippen molar-refractivity contribution in [3.05, 3.63) is 74.1 Å². The number of aromatic nitrogens is 3. The summed E-state index contributed by atoms with van der Waals surface area (Å²) >= 11 is 11.9. The van der Waals surface area contributed by atoms with Gasteiger partial charge in [-0.25, -0.2) is 9.48 Å². The third-order valence-corrected chi connectivity index (χ3v) is 5.65. The van der Waals surface area contributed by atoms with Crippen LogP contribution in [0.25, 0.3) is 11.4 Å². The first-order valence-corrected chi connectivity index (χ1v) is 10.5. The largest absolute Gasteiger partial charge is 0.416 e. The van der Waals surface area contributed by atoms with Crippen LogP contribution in [0.3, 0.4) is 0 Å². The molecule has 0 aliphatic heterocycles. The van der Waals surface area contributed by atoms with Gasteiger partial charge in [-0.3, -0.25) is 9.36 Å². The van der Waals surface area contributed by atoms with Gasteiger partial charge in [0.1, 0.15) is 6.54 Å². The van der Waals surface area contributed by atoms with Crippen molar-refractivity contribution in [3.63, 3.8) is 0 Å². The van der Waals surface area contributed by atoms with Crippen LogP contribution >= 0.6 is 23.2 Å². The molecule has 1 aromatic heterocycles. The van der Waals surface area contributed by atoms with Gasteiger partial charge in [-0.1, -0.05) is 23.2 Å². The van der Waals surface area contributed by atoms with Gasteiger partial charge in [0, 0.05) is 28.2 Å². The van der Waals surface area contributed by atoms with Crippen LogP contribution in [-0.2, 0) is 24.1 Å². The molecule has 4 rings (SSSR count). The Hall–Kier alpha value is -2.78. The molecule has 1 N–H and O–H groups in total. The highest BCUT2D eigenvalue weighted by Gasteiger charge is 2.32. The Morgan fingerprint density at radius 3 is 2.44 bits per heavy atom. The minimum absolute atomic E-state index is 0.0221. The molecule has 0 atom stereocenters. The number of nitrogens with zero attached hydrogens (tertiary/aromatic N) is 3. The zero-order valence-corrected chi connectivity index (χ0v) is 18.0. The summed E-state index contributed by atoms with van der Waals surface area (Å²) in [7, 11) is 0. The molecule has 6 nitrogen and oxygen atoms in total. The fourth-order valence-corrected chi connectivity index (χ4v) is 3.56. The van der Waals surface area contributed by atoms with Gasteiger partial charge in [-0.2, -0.15) is 13.2 Å². The molecule has 1 fully saturated rings. The van der Waals surface area contributed by atoms with Crippen LogP contribution in [0.4, 0.5) is 13.2 Å². The van der Waals surface area contributed by atoms with Crippen LogP contribution in [0, 0.1) is 0 Å². The number of benzene rings is 2. The Balaban J connectivity index is 1.51. The van der Waals surface area contributed by atoms with E-state index in [9.17, 15) is 22.8 Å². The van der Waals surface area contributed by atoms with Crippen molar-refractivity contribution >= 4 is 29.1 Å². The van der Waals surface area contributed by atoms with Gasteiger partial charge in [-0.05, 0) is 60.9 Å². The summed E-state index contributed by atoms with van der Waals surface area (Å²) < 4.78 is 41.4. The summed E-state index contributed by atoms with van der Waals surface area (Å²) in [6.45, 7) is -0.598. The molecule has 0 bridgehead atoms. The maximum Gasteiger partial charge on any atom is 0.416 e. The predicted octanol–water partition coefficient (Wildman–Crippen LogP) is 4.69. The normalized spacial score (nSPS) is 13.9. The third kappa shape index (κ3) is 4.83. The summed E-state index contributed by atoms with van der Waals surface area (Å²) in [6, 6.07) is 9.75. The predicted molar refractivity (Wildman–Crippen MR) is 114 cm³/mol. The lowest BCUT2D eigenvalue weighted by Gasteiger charge is -2.11. The van der Waals surface area contributed by atoms with E-state index in [-0.39, 0.29) is 29.7 Å². The lowest BCUT2D eigenvalue weighted by atomic mass is 10.1. The Bertz CT molecular complexity index is 1220. The topological polar surface area (TPSA) is 68.9 Å². The van der Waals surface area contributed by atoms with E-state index in [4.69, 9.17) is 23.2 Å². The molecular weight excluding hydrogens is 468 g/mol. The van der Waals surface area contributed by atoms with Crippen molar-refractivity contribution in [3.8, 4) is 11.4 Å². The number of nitrogens with one attached hydrogen (secondary N) is 1. The summed E-state index contributed by atoms with van der Waals surface area (Å²) in [5.74, 6) is -0.147. The first-order chi connectivity index (χ1) is 15.1. The number of rotatable bonds is 6. The zero-order valence-electron chi connectivity index (χ0n) is 16.5. The number of carbonyl (C=O) groups is 1. The Morgan fingerprint density at radius 2 is 1.81 bits per heavy atom. The van der Waals surface area contributed by atoms with Gasteiger partial charge >= 0.3 is 11.9 Å². The zero-order chi connectivity index (χ0) is 23.0. The van der Waals surface area contributed by atoms with Crippen LogP contribution in [-0.4, -0.2) is 20.3 Å². The fraction of sp³-hybridized carbons (Fsp3) is 0.286. The van der Waals surface area contributed by atoms with Crippen molar-refractivity contribution in [1.82, 2.24) is 19.7 Å². The van der Waals surface area contributed by atoms with Gasteiger partial charge in [-0.15, -0.1) is 5.10 Å². The molecule has 0 radical (unpaired) electrons. The van der Waals surface area contributed by atoms with E-state index in [0.29, 0.717) is 16.4 Å². The van der Waals surface area contributed by atoms with Crippen molar-refractivity contribution < 1.29 is 18.0 Å². The molecular formula is C21H17Cl2F3N4O2. The summed E-state index contributed by atoms with van der Waals surface area (Å²) in [5, 5.41) is 7.45. The van der Waals surface area contributed by atoms with Crippen molar-refractivity contribution in [1.29, 1.82) is 0 Å².